The highest BCUT2D eigenvalue weighted by Gasteiger charge is 2.43. The maximum atomic E-state index is 11.6. The molecule has 0 bridgehead atoms. The smallest absolute Gasteiger partial charge is 0.207 e. The molecular formula is C19H17N5O3. The molecule has 1 aliphatic heterocycles. The van der Waals surface area contributed by atoms with Crippen LogP contribution in [0.4, 0.5) is 0 Å². The van der Waals surface area contributed by atoms with Crippen LogP contribution in [-0.2, 0) is 0 Å². The molecule has 2 atom stereocenters. The van der Waals surface area contributed by atoms with E-state index in [0.717, 1.165) is 0 Å². The van der Waals surface area contributed by atoms with E-state index in [-0.39, 0.29) is 5.84 Å². The molecule has 8 heteroatoms. The zero-order valence-electron chi connectivity index (χ0n) is 14.7. The summed E-state index contributed by atoms with van der Waals surface area (Å²) in [7, 11) is 0. The second-order valence-corrected chi connectivity index (χ2v) is 6.65. The average Bonchev–Trinajstić information content (AvgIpc) is 2.64. The van der Waals surface area contributed by atoms with Gasteiger partial charge in [0.1, 0.15) is 17.5 Å². The highest BCUT2D eigenvalue weighted by Crippen LogP contribution is 2.40. The summed E-state index contributed by atoms with van der Waals surface area (Å²) in [5.41, 5.74) is 0.444. The Morgan fingerprint density at radius 1 is 1.37 bits per heavy atom. The normalized spacial score (nSPS) is 20.6. The van der Waals surface area contributed by atoms with Gasteiger partial charge in [-0.1, -0.05) is 0 Å². The first-order chi connectivity index (χ1) is 12.9. The molecule has 8 nitrogen and oxygen atoms in total. The number of aliphatic hydroxyl groups is 1. The van der Waals surface area contributed by atoms with E-state index in [9.17, 15) is 15.6 Å². The van der Waals surface area contributed by atoms with E-state index >= 15 is 0 Å². The van der Waals surface area contributed by atoms with Gasteiger partial charge in [0.05, 0.1) is 23.2 Å². The molecule has 0 spiro atoms. The molecule has 0 fully saturated rings. The minimum Gasteiger partial charge on any atom is -0.619 e. The van der Waals surface area contributed by atoms with Crippen molar-refractivity contribution in [3.8, 4) is 18.0 Å². The van der Waals surface area contributed by atoms with Gasteiger partial charge in [0.15, 0.2) is 18.2 Å². The van der Waals surface area contributed by atoms with E-state index < -0.39 is 17.7 Å². The van der Waals surface area contributed by atoms with Crippen LogP contribution in [-0.4, -0.2) is 22.6 Å². The number of pyridine rings is 1. The van der Waals surface area contributed by atoms with Crippen molar-refractivity contribution in [3.05, 3.63) is 64.6 Å². The molecule has 0 aliphatic carbocycles. The molecule has 2 N–H and O–H groups in total. The van der Waals surface area contributed by atoms with Crippen LogP contribution in [0.2, 0.25) is 0 Å². The van der Waals surface area contributed by atoms with Gasteiger partial charge in [-0.2, -0.15) is 20.2 Å². The summed E-state index contributed by atoms with van der Waals surface area (Å²) in [4.78, 5) is 3.77. The van der Waals surface area contributed by atoms with Gasteiger partial charge in [0, 0.05) is 11.6 Å². The number of amidine groups is 1. The second kappa shape index (κ2) is 6.94. The minimum absolute atomic E-state index is 0.137. The summed E-state index contributed by atoms with van der Waals surface area (Å²) < 4.78 is 6.46. The Morgan fingerprint density at radius 2 is 2.15 bits per heavy atom. The number of ether oxygens (including phenoxy) is 1. The molecule has 0 unspecified atom stereocenters. The highest BCUT2D eigenvalue weighted by atomic mass is 16.5. The molecular weight excluding hydrogens is 346 g/mol. The lowest BCUT2D eigenvalue weighted by molar-refractivity contribution is -0.605. The SMILES string of the molecule is CC1(C)Oc2ccc(C#N)cc2[C@H](N/C(=N\C#N)c2ccc[n+]([O-])c2)[C@H]1O. The Morgan fingerprint density at radius 3 is 2.81 bits per heavy atom. The molecule has 3 rings (SSSR count). The van der Waals surface area contributed by atoms with E-state index in [1.54, 1.807) is 44.3 Å². The average molecular weight is 363 g/mol. The monoisotopic (exact) mass is 363 g/mol. The van der Waals surface area contributed by atoms with Gasteiger partial charge >= 0.3 is 0 Å². The number of aromatic nitrogens is 1. The van der Waals surface area contributed by atoms with Crippen LogP contribution in [0.5, 0.6) is 5.75 Å². The molecule has 1 aromatic carbocycles. The number of nitrogens with one attached hydrogen (secondary N) is 1. The first-order valence-corrected chi connectivity index (χ1v) is 8.19. The standard InChI is InChI=1S/C19H17N5O3/c1-19(2)17(25)16(14-8-12(9-20)5-6-15(14)27-19)23-18(22-11-21)13-4-3-7-24(26)10-13/h3-8,10,16-17,25H,1-2H3,(H,22,23)/t16-,17+/m0/s1. The first kappa shape index (κ1) is 18.2. The van der Waals surface area contributed by atoms with Crippen molar-refractivity contribution in [2.75, 3.05) is 0 Å². The Balaban J connectivity index is 2.07. The van der Waals surface area contributed by atoms with Gasteiger partial charge in [-0.3, -0.25) is 0 Å². The van der Waals surface area contributed by atoms with Gasteiger partial charge < -0.3 is 20.4 Å². The first-order valence-electron chi connectivity index (χ1n) is 8.19. The van der Waals surface area contributed by atoms with Gasteiger partial charge in [-0.25, -0.2) is 0 Å². The predicted molar refractivity (Wildman–Crippen MR) is 95.3 cm³/mol. The molecule has 1 aliphatic rings. The van der Waals surface area contributed by atoms with Crippen LogP contribution >= 0.6 is 0 Å². The van der Waals surface area contributed by atoms with Crippen LogP contribution in [0.15, 0.2) is 47.7 Å². The number of nitriles is 2. The van der Waals surface area contributed by atoms with Gasteiger partial charge in [-0.15, -0.1) is 0 Å². The molecule has 27 heavy (non-hydrogen) atoms. The van der Waals surface area contributed by atoms with E-state index in [1.165, 1.54) is 18.5 Å². The lowest BCUT2D eigenvalue weighted by Crippen LogP contribution is -2.53. The number of hydrogen-bond donors (Lipinski definition) is 2. The van der Waals surface area contributed by atoms with E-state index in [4.69, 9.17) is 10.00 Å². The Bertz CT molecular complexity index is 988. The minimum atomic E-state index is -1.01. The lowest BCUT2D eigenvalue weighted by Gasteiger charge is -2.42. The predicted octanol–water partition coefficient (Wildman–Crippen LogP) is 1.28. The number of fused-ring (bicyclic) bond motifs is 1. The number of aliphatic imine (C=N–C) groups is 1. The number of benzene rings is 1. The molecule has 0 saturated heterocycles. The third-order valence-corrected chi connectivity index (χ3v) is 4.38. The van der Waals surface area contributed by atoms with Gasteiger partial charge in [-0.05, 0) is 38.1 Å². The summed E-state index contributed by atoms with van der Waals surface area (Å²) in [6, 6.07) is 9.43. The summed E-state index contributed by atoms with van der Waals surface area (Å²) in [6.45, 7) is 3.48. The van der Waals surface area contributed by atoms with Crippen molar-refractivity contribution in [1.29, 1.82) is 10.5 Å². The maximum absolute atomic E-state index is 11.6. The summed E-state index contributed by atoms with van der Waals surface area (Å²) in [5, 5.41) is 43.7. The Hall–Kier alpha value is -3.62. The third kappa shape index (κ3) is 3.52. The van der Waals surface area contributed by atoms with Gasteiger partial charge in [0.2, 0.25) is 6.19 Å². The van der Waals surface area contributed by atoms with Crippen LogP contribution in [0.25, 0.3) is 0 Å². The molecule has 0 saturated carbocycles. The fourth-order valence-electron chi connectivity index (χ4n) is 3.00. The molecule has 2 aromatic rings. The summed E-state index contributed by atoms with van der Waals surface area (Å²) >= 11 is 0. The molecule has 136 valence electrons. The van der Waals surface area contributed by atoms with Crippen molar-refractivity contribution in [1.82, 2.24) is 5.32 Å². The largest absolute Gasteiger partial charge is 0.619 e. The second-order valence-electron chi connectivity index (χ2n) is 6.65. The third-order valence-electron chi connectivity index (χ3n) is 4.38. The molecule has 1 aromatic heterocycles. The Labute approximate surface area is 156 Å². The van der Waals surface area contributed by atoms with Crippen LogP contribution in [0.3, 0.4) is 0 Å². The number of hydrogen-bond acceptors (Lipinski definition) is 6. The number of nitrogens with zero attached hydrogens (tertiary/aromatic N) is 4. The van der Waals surface area contributed by atoms with Crippen LogP contribution in [0.1, 0.15) is 36.6 Å². The van der Waals surface area contributed by atoms with Crippen molar-refractivity contribution < 1.29 is 14.6 Å². The Kier molecular flexibility index (Phi) is 4.68. The van der Waals surface area contributed by atoms with Gasteiger partial charge in [0.25, 0.3) is 0 Å². The molecule has 2 heterocycles. The van der Waals surface area contributed by atoms with Crippen molar-refractivity contribution in [2.24, 2.45) is 4.99 Å². The number of aliphatic hydroxyl groups excluding tert-OH is 1. The zero-order chi connectivity index (χ0) is 19.6. The lowest BCUT2D eigenvalue weighted by atomic mass is 9.85. The fraction of sp³-hybridized carbons (Fsp3) is 0.263. The zero-order valence-corrected chi connectivity index (χ0v) is 14.7. The van der Waals surface area contributed by atoms with Crippen LogP contribution < -0.4 is 14.8 Å². The van der Waals surface area contributed by atoms with Crippen LogP contribution in [0, 0.1) is 28.0 Å². The summed E-state index contributed by atoms with van der Waals surface area (Å²) in [6.07, 6.45) is 3.28. The van der Waals surface area contributed by atoms with Crippen molar-refractivity contribution in [2.45, 2.75) is 31.6 Å². The highest BCUT2D eigenvalue weighted by molar-refractivity contribution is 5.99. The maximum Gasteiger partial charge on any atom is 0.207 e. The van der Waals surface area contributed by atoms with E-state index in [0.29, 0.717) is 27.2 Å². The van der Waals surface area contributed by atoms with Crippen molar-refractivity contribution >= 4 is 5.84 Å². The van der Waals surface area contributed by atoms with E-state index in [1.807, 2.05) is 0 Å². The fourth-order valence-corrected chi connectivity index (χ4v) is 3.00. The summed E-state index contributed by atoms with van der Waals surface area (Å²) in [5.74, 6) is 0.655. The van der Waals surface area contributed by atoms with Crippen molar-refractivity contribution in [3.63, 3.8) is 0 Å². The quantitative estimate of drug-likeness (QED) is 0.272. The molecule has 0 amide bonds. The number of rotatable bonds is 2. The van der Waals surface area contributed by atoms with E-state index in [2.05, 4.69) is 16.4 Å². The topological polar surface area (TPSA) is 128 Å². The molecule has 0 radical (unpaired) electrons.